The summed E-state index contributed by atoms with van der Waals surface area (Å²) >= 11 is 0. The van der Waals surface area contributed by atoms with Crippen molar-refractivity contribution in [2.45, 2.75) is 31.7 Å². The van der Waals surface area contributed by atoms with Crippen molar-refractivity contribution < 1.29 is 14.3 Å². The molecule has 5 nitrogen and oxygen atoms in total. The van der Waals surface area contributed by atoms with Crippen LogP contribution in [0.4, 0.5) is 0 Å². The van der Waals surface area contributed by atoms with Crippen molar-refractivity contribution in [2.24, 2.45) is 0 Å². The first-order valence-corrected chi connectivity index (χ1v) is 5.29. The molecular weight excluding hydrogens is 196 g/mol. The summed E-state index contributed by atoms with van der Waals surface area (Å²) in [4.78, 5) is 22.1. The van der Waals surface area contributed by atoms with E-state index in [9.17, 15) is 9.59 Å². The van der Waals surface area contributed by atoms with Gasteiger partial charge in [0.05, 0.1) is 13.5 Å². The summed E-state index contributed by atoms with van der Waals surface area (Å²) in [7, 11) is 1.34. The molecule has 1 rings (SSSR count). The van der Waals surface area contributed by atoms with Gasteiger partial charge in [-0.15, -0.1) is 0 Å². The van der Waals surface area contributed by atoms with Crippen LogP contribution in [0.1, 0.15) is 25.7 Å². The van der Waals surface area contributed by atoms with E-state index >= 15 is 0 Å². The summed E-state index contributed by atoms with van der Waals surface area (Å²) in [5.41, 5.74) is 0. The maximum Gasteiger partial charge on any atom is 0.307 e. The molecule has 2 N–H and O–H groups in total. The summed E-state index contributed by atoms with van der Waals surface area (Å²) < 4.78 is 4.46. The van der Waals surface area contributed by atoms with E-state index in [1.54, 1.807) is 0 Å². The highest BCUT2D eigenvalue weighted by atomic mass is 16.5. The molecule has 1 atom stereocenters. The second kappa shape index (κ2) is 6.40. The molecule has 1 saturated heterocycles. The molecule has 5 heteroatoms. The first-order valence-electron chi connectivity index (χ1n) is 5.29. The van der Waals surface area contributed by atoms with Gasteiger partial charge in [0.1, 0.15) is 0 Å². The fourth-order valence-electron chi connectivity index (χ4n) is 1.63. The second-order valence-corrected chi connectivity index (χ2v) is 3.67. The van der Waals surface area contributed by atoms with Crippen LogP contribution < -0.4 is 10.6 Å². The Bertz CT molecular complexity index is 225. The summed E-state index contributed by atoms with van der Waals surface area (Å²) in [6, 6.07) is 0.308. The summed E-state index contributed by atoms with van der Waals surface area (Å²) in [5, 5.41) is 5.94. The normalized spacial score (nSPS) is 19.9. The highest BCUT2D eigenvalue weighted by molar-refractivity contribution is 5.77. The number of nitrogens with one attached hydrogen (secondary N) is 2. The number of amides is 1. The Labute approximate surface area is 89.6 Å². The lowest BCUT2D eigenvalue weighted by Crippen LogP contribution is -2.33. The summed E-state index contributed by atoms with van der Waals surface area (Å²) in [6.45, 7) is 1.36. The minimum Gasteiger partial charge on any atom is -0.469 e. The molecule has 1 unspecified atom stereocenters. The van der Waals surface area contributed by atoms with E-state index in [0.717, 1.165) is 19.4 Å². The van der Waals surface area contributed by atoms with Gasteiger partial charge in [0, 0.05) is 19.0 Å². The van der Waals surface area contributed by atoms with Crippen LogP contribution >= 0.6 is 0 Å². The van der Waals surface area contributed by atoms with Crippen LogP contribution in [0.5, 0.6) is 0 Å². The van der Waals surface area contributed by atoms with Crippen LogP contribution in [-0.2, 0) is 14.3 Å². The van der Waals surface area contributed by atoms with Crippen molar-refractivity contribution in [3.8, 4) is 0 Å². The fraction of sp³-hybridized carbons (Fsp3) is 0.800. The number of hydrogen-bond acceptors (Lipinski definition) is 4. The predicted molar refractivity (Wildman–Crippen MR) is 55.3 cm³/mol. The Morgan fingerprint density at radius 2 is 2.33 bits per heavy atom. The van der Waals surface area contributed by atoms with Crippen LogP contribution in [0.2, 0.25) is 0 Å². The molecule has 0 aromatic rings. The van der Waals surface area contributed by atoms with Gasteiger partial charge in [-0.2, -0.15) is 0 Å². The van der Waals surface area contributed by atoms with E-state index in [1.807, 2.05) is 0 Å². The SMILES string of the molecule is COC(=O)CCNC(=O)CC1CCCN1. The molecule has 0 spiro atoms. The van der Waals surface area contributed by atoms with E-state index in [0.29, 0.717) is 19.0 Å². The molecule has 0 radical (unpaired) electrons. The number of ether oxygens (including phenoxy) is 1. The van der Waals surface area contributed by atoms with E-state index in [-0.39, 0.29) is 18.3 Å². The second-order valence-electron chi connectivity index (χ2n) is 3.67. The maximum absolute atomic E-state index is 11.4. The van der Waals surface area contributed by atoms with Crippen molar-refractivity contribution in [3.05, 3.63) is 0 Å². The first kappa shape index (κ1) is 12.0. The van der Waals surface area contributed by atoms with Gasteiger partial charge < -0.3 is 15.4 Å². The number of methoxy groups -OCH3 is 1. The van der Waals surface area contributed by atoms with E-state index in [1.165, 1.54) is 7.11 Å². The van der Waals surface area contributed by atoms with Gasteiger partial charge in [-0.25, -0.2) is 0 Å². The minimum absolute atomic E-state index is 0.00157. The largest absolute Gasteiger partial charge is 0.469 e. The zero-order valence-electron chi connectivity index (χ0n) is 9.04. The average molecular weight is 214 g/mol. The molecule has 86 valence electrons. The van der Waals surface area contributed by atoms with Gasteiger partial charge in [0.25, 0.3) is 0 Å². The van der Waals surface area contributed by atoms with Crippen LogP contribution in [0.25, 0.3) is 0 Å². The Balaban J connectivity index is 2.05. The smallest absolute Gasteiger partial charge is 0.307 e. The maximum atomic E-state index is 11.4. The zero-order chi connectivity index (χ0) is 11.1. The number of carbonyl (C=O) groups excluding carboxylic acids is 2. The molecule has 1 amide bonds. The Kier molecular flexibility index (Phi) is 5.10. The minimum atomic E-state index is -0.297. The van der Waals surface area contributed by atoms with E-state index in [2.05, 4.69) is 15.4 Å². The van der Waals surface area contributed by atoms with Crippen LogP contribution in [-0.4, -0.2) is 38.1 Å². The topological polar surface area (TPSA) is 67.4 Å². The Hall–Kier alpha value is -1.10. The molecule has 1 fully saturated rings. The molecule has 15 heavy (non-hydrogen) atoms. The lowest BCUT2D eigenvalue weighted by Gasteiger charge is -2.09. The highest BCUT2D eigenvalue weighted by Crippen LogP contribution is 2.07. The number of carbonyl (C=O) groups is 2. The van der Waals surface area contributed by atoms with Gasteiger partial charge in [-0.3, -0.25) is 9.59 Å². The van der Waals surface area contributed by atoms with Crippen molar-refractivity contribution in [2.75, 3.05) is 20.2 Å². The van der Waals surface area contributed by atoms with Crippen LogP contribution in [0.15, 0.2) is 0 Å². The van der Waals surface area contributed by atoms with Gasteiger partial charge in [-0.05, 0) is 19.4 Å². The summed E-state index contributed by atoms with van der Waals surface area (Å²) in [5.74, 6) is -0.299. The number of hydrogen-bond donors (Lipinski definition) is 2. The van der Waals surface area contributed by atoms with Gasteiger partial charge in [0.15, 0.2) is 0 Å². The molecule has 0 saturated carbocycles. The molecule has 0 aromatic carbocycles. The third kappa shape index (κ3) is 4.78. The quantitative estimate of drug-likeness (QED) is 0.622. The lowest BCUT2D eigenvalue weighted by atomic mass is 10.1. The zero-order valence-corrected chi connectivity index (χ0v) is 9.04. The molecular formula is C10H18N2O3. The number of rotatable bonds is 5. The van der Waals surface area contributed by atoms with E-state index < -0.39 is 0 Å². The Morgan fingerprint density at radius 3 is 2.93 bits per heavy atom. The molecule has 1 aliphatic rings. The third-order valence-electron chi connectivity index (χ3n) is 2.47. The van der Waals surface area contributed by atoms with E-state index in [4.69, 9.17) is 0 Å². The fourth-order valence-corrected chi connectivity index (χ4v) is 1.63. The van der Waals surface area contributed by atoms with Crippen molar-refractivity contribution in [3.63, 3.8) is 0 Å². The van der Waals surface area contributed by atoms with Crippen molar-refractivity contribution in [1.29, 1.82) is 0 Å². The molecule has 0 aliphatic carbocycles. The van der Waals surface area contributed by atoms with Crippen molar-refractivity contribution >= 4 is 11.9 Å². The Morgan fingerprint density at radius 1 is 1.53 bits per heavy atom. The molecule has 0 bridgehead atoms. The first-order chi connectivity index (χ1) is 7.22. The molecule has 1 aliphatic heterocycles. The third-order valence-corrected chi connectivity index (χ3v) is 2.47. The average Bonchev–Trinajstić information content (AvgIpc) is 2.70. The highest BCUT2D eigenvalue weighted by Gasteiger charge is 2.17. The predicted octanol–water partition coefficient (Wildman–Crippen LogP) is -0.192. The molecule has 0 aromatic heterocycles. The number of esters is 1. The monoisotopic (exact) mass is 214 g/mol. The van der Waals surface area contributed by atoms with Crippen LogP contribution in [0.3, 0.4) is 0 Å². The van der Waals surface area contributed by atoms with Gasteiger partial charge >= 0.3 is 5.97 Å². The summed E-state index contributed by atoms with van der Waals surface area (Å²) in [6.07, 6.45) is 2.94. The molecule has 1 heterocycles. The van der Waals surface area contributed by atoms with Crippen LogP contribution in [0, 0.1) is 0 Å². The van der Waals surface area contributed by atoms with Crippen molar-refractivity contribution in [1.82, 2.24) is 10.6 Å². The van der Waals surface area contributed by atoms with Gasteiger partial charge in [0.2, 0.25) is 5.91 Å². The van der Waals surface area contributed by atoms with Gasteiger partial charge in [-0.1, -0.05) is 0 Å². The lowest BCUT2D eigenvalue weighted by molar-refractivity contribution is -0.140. The standard InChI is InChI=1S/C10H18N2O3/c1-15-10(14)4-6-12-9(13)7-8-3-2-5-11-8/h8,11H,2-7H2,1H3,(H,12,13).